The number of thioether (sulfide) groups is 1. The Morgan fingerprint density at radius 1 is 1.38 bits per heavy atom. The van der Waals surface area contributed by atoms with Crippen molar-refractivity contribution in [3.05, 3.63) is 29.3 Å². The van der Waals surface area contributed by atoms with Crippen LogP contribution in [0.3, 0.4) is 0 Å². The number of aryl methyl sites for hydroxylation is 1. The van der Waals surface area contributed by atoms with Crippen molar-refractivity contribution >= 4 is 11.8 Å². The largest absolute Gasteiger partial charge is 0.326 e. The van der Waals surface area contributed by atoms with Gasteiger partial charge in [-0.1, -0.05) is 32.0 Å². The lowest BCUT2D eigenvalue weighted by Crippen LogP contribution is -2.01. The van der Waals surface area contributed by atoms with Gasteiger partial charge in [0.15, 0.2) is 0 Å². The van der Waals surface area contributed by atoms with E-state index in [0.717, 1.165) is 0 Å². The summed E-state index contributed by atoms with van der Waals surface area (Å²) in [6.07, 6.45) is 0. The summed E-state index contributed by atoms with van der Waals surface area (Å²) >= 11 is 1.90. The number of nitrogens with two attached hydrogens (primary N) is 1. The van der Waals surface area contributed by atoms with Gasteiger partial charge in [0.25, 0.3) is 0 Å². The van der Waals surface area contributed by atoms with Gasteiger partial charge in [-0.05, 0) is 18.1 Å². The minimum absolute atomic E-state index is 0.617. The normalized spacial score (nSPS) is 10.8. The first-order chi connectivity index (χ1) is 6.15. The number of hydrogen-bond donors (Lipinski definition) is 1. The number of hydrogen-bond acceptors (Lipinski definition) is 2. The fourth-order valence-electron chi connectivity index (χ4n) is 1.28. The second-order valence-corrected chi connectivity index (χ2v) is 5.02. The van der Waals surface area contributed by atoms with E-state index in [-0.39, 0.29) is 0 Å². The molecule has 1 nitrogen and oxygen atoms in total. The first-order valence-corrected chi connectivity index (χ1v) is 5.48. The fraction of sp³-hybridized carbons (Fsp3) is 0.455. The lowest BCUT2D eigenvalue weighted by atomic mass is 10.1. The van der Waals surface area contributed by atoms with Gasteiger partial charge in [0, 0.05) is 16.7 Å². The van der Waals surface area contributed by atoms with Crippen LogP contribution in [0.1, 0.15) is 25.0 Å². The Labute approximate surface area is 84.7 Å². The Hall–Kier alpha value is -0.470. The first-order valence-electron chi connectivity index (χ1n) is 4.60. The Balaban J connectivity index is 3.00. The van der Waals surface area contributed by atoms with Crippen LogP contribution < -0.4 is 5.73 Å². The van der Waals surface area contributed by atoms with Crippen LogP contribution in [0.4, 0.5) is 0 Å². The van der Waals surface area contributed by atoms with E-state index in [1.807, 2.05) is 11.8 Å². The van der Waals surface area contributed by atoms with Gasteiger partial charge in [-0.15, -0.1) is 11.8 Å². The quantitative estimate of drug-likeness (QED) is 0.750. The van der Waals surface area contributed by atoms with Crippen molar-refractivity contribution < 1.29 is 0 Å². The molecule has 0 aliphatic carbocycles. The van der Waals surface area contributed by atoms with Crippen LogP contribution in [0.5, 0.6) is 0 Å². The average molecular weight is 195 g/mol. The van der Waals surface area contributed by atoms with Crippen molar-refractivity contribution in [1.82, 2.24) is 0 Å². The smallest absolute Gasteiger partial charge is 0.0189 e. The molecule has 0 radical (unpaired) electrons. The average Bonchev–Trinajstić information content (AvgIpc) is 2.08. The lowest BCUT2D eigenvalue weighted by Gasteiger charge is -2.12. The predicted octanol–water partition coefficient (Wildman–Crippen LogP) is 2.95. The molecule has 0 saturated heterocycles. The summed E-state index contributed by atoms with van der Waals surface area (Å²) in [5.74, 6) is 0. The molecule has 0 aliphatic heterocycles. The minimum atomic E-state index is 0.617. The van der Waals surface area contributed by atoms with E-state index >= 15 is 0 Å². The van der Waals surface area contributed by atoms with Crippen LogP contribution in [-0.4, -0.2) is 5.25 Å². The standard InChI is InChI=1S/C11H17NS/c1-8(2)13-11-9(3)5-4-6-10(11)7-12/h4-6,8H,7,12H2,1-3H3. The molecular formula is C11H17NS. The van der Waals surface area contributed by atoms with Crippen molar-refractivity contribution in [1.29, 1.82) is 0 Å². The second kappa shape index (κ2) is 4.68. The Kier molecular flexibility index (Phi) is 3.82. The molecule has 0 atom stereocenters. The summed E-state index contributed by atoms with van der Waals surface area (Å²) in [7, 11) is 0. The highest BCUT2D eigenvalue weighted by Gasteiger charge is 2.06. The zero-order valence-electron chi connectivity index (χ0n) is 8.50. The number of benzene rings is 1. The van der Waals surface area contributed by atoms with Gasteiger partial charge in [-0.25, -0.2) is 0 Å². The highest BCUT2D eigenvalue weighted by Crippen LogP contribution is 2.29. The van der Waals surface area contributed by atoms with Gasteiger partial charge < -0.3 is 5.73 Å². The summed E-state index contributed by atoms with van der Waals surface area (Å²) in [5, 5.41) is 0.617. The molecule has 0 amide bonds. The molecule has 0 heterocycles. The molecule has 2 N–H and O–H groups in total. The molecule has 13 heavy (non-hydrogen) atoms. The monoisotopic (exact) mass is 195 g/mol. The van der Waals surface area contributed by atoms with Crippen molar-refractivity contribution in [3.8, 4) is 0 Å². The van der Waals surface area contributed by atoms with E-state index in [4.69, 9.17) is 5.73 Å². The van der Waals surface area contributed by atoms with E-state index in [2.05, 4.69) is 39.0 Å². The fourth-order valence-corrected chi connectivity index (χ4v) is 2.31. The molecule has 0 fully saturated rings. The second-order valence-electron chi connectivity index (χ2n) is 3.43. The Bertz CT molecular complexity index is 281. The SMILES string of the molecule is Cc1cccc(CN)c1SC(C)C. The molecule has 0 aliphatic rings. The molecule has 1 rings (SSSR count). The van der Waals surface area contributed by atoms with E-state index in [1.54, 1.807) is 0 Å². The molecule has 2 heteroatoms. The predicted molar refractivity (Wildman–Crippen MR) is 60.1 cm³/mol. The van der Waals surface area contributed by atoms with Crippen molar-refractivity contribution in [3.63, 3.8) is 0 Å². The summed E-state index contributed by atoms with van der Waals surface area (Å²) in [6.45, 7) is 7.19. The molecule has 72 valence electrons. The maximum Gasteiger partial charge on any atom is 0.0189 e. The third-order valence-electron chi connectivity index (χ3n) is 1.87. The van der Waals surface area contributed by atoms with Gasteiger partial charge in [-0.3, -0.25) is 0 Å². The Morgan fingerprint density at radius 2 is 2.08 bits per heavy atom. The van der Waals surface area contributed by atoms with Crippen LogP contribution in [0, 0.1) is 6.92 Å². The van der Waals surface area contributed by atoms with Crippen molar-refractivity contribution in [2.24, 2.45) is 5.73 Å². The maximum atomic E-state index is 5.68. The zero-order valence-corrected chi connectivity index (χ0v) is 9.32. The van der Waals surface area contributed by atoms with Gasteiger partial charge in [0.05, 0.1) is 0 Å². The zero-order chi connectivity index (χ0) is 9.84. The van der Waals surface area contributed by atoms with Gasteiger partial charge >= 0.3 is 0 Å². The molecule has 1 aromatic carbocycles. The van der Waals surface area contributed by atoms with E-state index in [9.17, 15) is 0 Å². The molecule has 0 spiro atoms. The molecule has 0 aromatic heterocycles. The summed E-state index contributed by atoms with van der Waals surface area (Å²) < 4.78 is 0. The van der Waals surface area contributed by atoms with Crippen LogP contribution >= 0.6 is 11.8 Å². The van der Waals surface area contributed by atoms with E-state index in [0.29, 0.717) is 11.8 Å². The van der Waals surface area contributed by atoms with E-state index in [1.165, 1.54) is 16.0 Å². The van der Waals surface area contributed by atoms with Gasteiger partial charge in [0.2, 0.25) is 0 Å². The Morgan fingerprint density at radius 3 is 2.62 bits per heavy atom. The number of rotatable bonds is 3. The first kappa shape index (κ1) is 10.6. The molecule has 0 unspecified atom stereocenters. The molecule has 1 aromatic rings. The molecule has 0 bridgehead atoms. The van der Waals surface area contributed by atoms with Gasteiger partial charge in [0.1, 0.15) is 0 Å². The van der Waals surface area contributed by atoms with Crippen LogP contribution in [0.2, 0.25) is 0 Å². The summed E-state index contributed by atoms with van der Waals surface area (Å²) in [4.78, 5) is 1.36. The molecular weight excluding hydrogens is 178 g/mol. The maximum absolute atomic E-state index is 5.68. The van der Waals surface area contributed by atoms with Gasteiger partial charge in [-0.2, -0.15) is 0 Å². The van der Waals surface area contributed by atoms with Crippen LogP contribution in [-0.2, 0) is 6.54 Å². The lowest BCUT2D eigenvalue weighted by molar-refractivity contribution is 1.00. The summed E-state index contributed by atoms with van der Waals surface area (Å²) in [5.41, 5.74) is 8.28. The highest BCUT2D eigenvalue weighted by molar-refractivity contribution is 8.00. The third-order valence-corrected chi connectivity index (χ3v) is 3.16. The van der Waals surface area contributed by atoms with Crippen molar-refractivity contribution in [2.75, 3.05) is 0 Å². The third kappa shape index (κ3) is 2.75. The summed E-state index contributed by atoms with van der Waals surface area (Å²) in [6, 6.07) is 6.32. The molecule has 0 saturated carbocycles. The topological polar surface area (TPSA) is 26.0 Å². The highest BCUT2D eigenvalue weighted by atomic mass is 32.2. The van der Waals surface area contributed by atoms with E-state index < -0.39 is 0 Å². The van der Waals surface area contributed by atoms with Crippen LogP contribution in [0.15, 0.2) is 23.1 Å². The minimum Gasteiger partial charge on any atom is -0.326 e. The van der Waals surface area contributed by atoms with Crippen LogP contribution in [0.25, 0.3) is 0 Å². The van der Waals surface area contributed by atoms with Crippen molar-refractivity contribution in [2.45, 2.75) is 37.5 Å².